The molecule has 138 valence electrons. The van der Waals surface area contributed by atoms with E-state index in [1.54, 1.807) is 24.3 Å². The van der Waals surface area contributed by atoms with E-state index in [1.165, 1.54) is 44.7 Å². The van der Waals surface area contributed by atoms with Crippen LogP contribution in [0.3, 0.4) is 0 Å². The van der Waals surface area contributed by atoms with Crippen molar-refractivity contribution in [3.63, 3.8) is 0 Å². The maximum Gasteiger partial charge on any atom is 0.269 e. The van der Waals surface area contributed by atoms with Crippen LogP contribution in [-0.2, 0) is 4.79 Å². The summed E-state index contributed by atoms with van der Waals surface area (Å²) < 4.78 is 10.3. The number of carbonyl (C=O) groups is 1. The van der Waals surface area contributed by atoms with Gasteiger partial charge in [0.1, 0.15) is 23.1 Å². The fraction of sp³-hybridized carbons (Fsp3) is 0.111. The van der Waals surface area contributed by atoms with Crippen molar-refractivity contribution in [1.82, 2.24) is 0 Å². The Kier molecular flexibility index (Phi) is 6.33. The standard InChI is InChI=1S/C18H16N4O5/c1-26-15-7-8-16(17(9-15)27-2)20-11-12(10-19)18(23)21-13-3-5-14(6-4-13)22(24)25/h3-9,11,20H,1-2H3,(H,21,23)/b12-11-. The SMILES string of the molecule is COc1ccc(N/C=C(/C#N)C(=O)Nc2ccc([N+](=O)[O-])cc2)c(OC)c1. The van der Waals surface area contributed by atoms with Crippen LogP contribution in [-0.4, -0.2) is 25.1 Å². The highest BCUT2D eigenvalue weighted by atomic mass is 16.6. The van der Waals surface area contributed by atoms with Crippen molar-refractivity contribution in [1.29, 1.82) is 5.26 Å². The van der Waals surface area contributed by atoms with Crippen molar-refractivity contribution in [2.45, 2.75) is 0 Å². The van der Waals surface area contributed by atoms with Crippen molar-refractivity contribution in [2.75, 3.05) is 24.9 Å². The number of amides is 1. The molecule has 0 aliphatic carbocycles. The lowest BCUT2D eigenvalue weighted by Crippen LogP contribution is -2.14. The summed E-state index contributed by atoms with van der Waals surface area (Å²) >= 11 is 0. The third-order valence-corrected chi connectivity index (χ3v) is 3.48. The summed E-state index contributed by atoms with van der Waals surface area (Å²) in [6.45, 7) is 0. The van der Waals surface area contributed by atoms with E-state index in [0.717, 1.165) is 0 Å². The molecule has 0 aliphatic rings. The van der Waals surface area contributed by atoms with E-state index in [-0.39, 0.29) is 11.3 Å². The monoisotopic (exact) mass is 368 g/mol. The first-order chi connectivity index (χ1) is 13.0. The second-order valence-corrected chi connectivity index (χ2v) is 5.14. The topological polar surface area (TPSA) is 127 Å². The second-order valence-electron chi connectivity index (χ2n) is 5.14. The van der Waals surface area contributed by atoms with Crippen LogP contribution in [0.2, 0.25) is 0 Å². The molecule has 1 amide bonds. The van der Waals surface area contributed by atoms with Crippen molar-refractivity contribution < 1.29 is 19.2 Å². The number of carbonyl (C=O) groups excluding carboxylic acids is 1. The van der Waals surface area contributed by atoms with E-state index in [2.05, 4.69) is 10.6 Å². The molecule has 0 saturated carbocycles. The van der Waals surface area contributed by atoms with E-state index >= 15 is 0 Å². The number of nitriles is 1. The van der Waals surface area contributed by atoms with Crippen LogP contribution < -0.4 is 20.1 Å². The molecule has 0 bridgehead atoms. The van der Waals surface area contributed by atoms with Gasteiger partial charge in [-0.1, -0.05) is 0 Å². The number of hydrogen-bond acceptors (Lipinski definition) is 7. The predicted molar refractivity (Wildman–Crippen MR) is 98.6 cm³/mol. The molecule has 0 saturated heterocycles. The van der Waals surface area contributed by atoms with Gasteiger partial charge in [0, 0.05) is 30.1 Å². The highest BCUT2D eigenvalue weighted by Crippen LogP contribution is 2.29. The van der Waals surface area contributed by atoms with Crippen LogP contribution in [0.25, 0.3) is 0 Å². The smallest absolute Gasteiger partial charge is 0.269 e. The van der Waals surface area contributed by atoms with E-state index < -0.39 is 10.8 Å². The van der Waals surface area contributed by atoms with Crippen molar-refractivity contribution in [3.8, 4) is 17.6 Å². The molecule has 2 aromatic carbocycles. The molecule has 0 spiro atoms. The molecule has 0 aliphatic heterocycles. The van der Waals surface area contributed by atoms with Gasteiger partial charge in [-0.2, -0.15) is 5.26 Å². The molecule has 2 aromatic rings. The largest absolute Gasteiger partial charge is 0.497 e. The number of nitro groups is 1. The number of nitrogens with zero attached hydrogens (tertiary/aromatic N) is 2. The van der Waals surface area contributed by atoms with Crippen molar-refractivity contribution in [2.24, 2.45) is 0 Å². The third-order valence-electron chi connectivity index (χ3n) is 3.48. The summed E-state index contributed by atoms with van der Waals surface area (Å²) in [6, 6.07) is 12.1. The van der Waals surface area contributed by atoms with Gasteiger partial charge in [-0.25, -0.2) is 0 Å². The van der Waals surface area contributed by atoms with Gasteiger partial charge in [-0.05, 0) is 24.3 Å². The number of nitro benzene ring substituents is 1. The Labute approximate surface area is 155 Å². The molecule has 0 aromatic heterocycles. The molecular formula is C18H16N4O5. The molecule has 0 radical (unpaired) electrons. The van der Waals surface area contributed by atoms with Gasteiger partial charge >= 0.3 is 0 Å². The second kappa shape index (κ2) is 8.87. The first kappa shape index (κ1) is 19.3. The number of rotatable bonds is 7. The molecule has 0 heterocycles. The Hall–Kier alpha value is -4.06. The number of ether oxygens (including phenoxy) is 2. The summed E-state index contributed by atoms with van der Waals surface area (Å²) in [5.41, 5.74) is 0.575. The molecule has 9 heteroatoms. The minimum absolute atomic E-state index is 0.0997. The van der Waals surface area contributed by atoms with E-state index in [0.29, 0.717) is 22.9 Å². The van der Waals surface area contributed by atoms with Gasteiger partial charge in [-0.15, -0.1) is 0 Å². The van der Waals surface area contributed by atoms with Crippen LogP contribution >= 0.6 is 0 Å². The number of benzene rings is 2. The fourth-order valence-corrected chi connectivity index (χ4v) is 2.08. The lowest BCUT2D eigenvalue weighted by atomic mass is 10.2. The Morgan fingerprint density at radius 3 is 2.44 bits per heavy atom. The molecule has 0 unspecified atom stereocenters. The lowest BCUT2D eigenvalue weighted by Gasteiger charge is -2.10. The minimum atomic E-state index is -0.661. The van der Waals surface area contributed by atoms with Crippen LogP contribution in [0.1, 0.15) is 0 Å². The highest BCUT2D eigenvalue weighted by molar-refractivity contribution is 6.06. The lowest BCUT2D eigenvalue weighted by molar-refractivity contribution is -0.384. The summed E-state index contributed by atoms with van der Waals surface area (Å²) in [7, 11) is 3.01. The van der Waals surface area contributed by atoms with Gasteiger partial charge in [0.2, 0.25) is 0 Å². The third kappa shape index (κ3) is 4.96. The Morgan fingerprint density at radius 2 is 1.89 bits per heavy atom. The van der Waals surface area contributed by atoms with Gasteiger partial charge < -0.3 is 20.1 Å². The minimum Gasteiger partial charge on any atom is -0.497 e. The molecule has 2 rings (SSSR count). The van der Waals surface area contributed by atoms with Crippen LogP contribution in [0.5, 0.6) is 11.5 Å². The Balaban J connectivity index is 2.12. The maximum atomic E-state index is 12.2. The molecular weight excluding hydrogens is 352 g/mol. The average Bonchev–Trinajstić information content (AvgIpc) is 2.68. The van der Waals surface area contributed by atoms with Crippen LogP contribution in [0, 0.1) is 21.4 Å². The van der Waals surface area contributed by atoms with E-state index in [4.69, 9.17) is 9.47 Å². The Bertz CT molecular complexity index is 916. The molecule has 0 fully saturated rings. The predicted octanol–water partition coefficient (Wildman–Crippen LogP) is 3.07. The maximum absolute atomic E-state index is 12.2. The van der Waals surface area contributed by atoms with E-state index in [1.807, 2.05) is 0 Å². The normalized spacial score (nSPS) is 10.5. The quantitative estimate of drug-likeness (QED) is 0.333. The zero-order valence-corrected chi connectivity index (χ0v) is 14.6. The number of non-ortho nitro benzene ring substituents is 1. The highest BCUT2D eigenvalue weighted by Gasteiger charge is 2.12. The molecule has 9 nitrogen and oxygen atoms in total. The molecule has 27 heavy (non-hydrogen) atoms. The zero-order valence-electron chi connectivity index (χ0n) is 14.6. The van der Waals surface area contributed by atoms with Gasteiger partial charge in [-0.3, -0.25) is 14.9 Å². The number of nitrogens with one attached hydrogen (secondary N) is 2. The molecule has 2 N–H and O–H groups in total. The average molecular weight is 368 g/mol. The first-order valence-corrected chi connectivity index (χ1v) is 7.63. The van der Waals surface area contributed by atoms with Gasteiger partial charge in [0.05, 0.1) is 24.8 Å². The summed E-state index contributed by atoms with van der Waals surface area (Å²) in [5.74, 6) is 0.405. The number of hydrogen-bond donors (Lipinski definition) is 2. The van der Waals surface area contributed by atoms with E-state index in [9.17, 15) is 20.2 Å². The Morgan fingerprint density at radius 1 is 1.19 bits per heavy atom. The van der Waals surface area contributed by atoms with Gasteiger partial charge in [0.25, 0.3) is 11.6 Å². The van der Waals surface area contributed by atoms with Crippen molar-refractivity contribution in [3.05, 3.63) is 64.4 Å². The number of anilines is 2. The van der Waals surface area contributed by atoms with Gasteiger partial charge in [0.15, 0.2) is 0 Å². The van der Waals surface area contributed by atoms with Crippen LogP contribution in [0.4, 0.5) is 17.1 Å². The summed E-state index contributed by atoms with van der Waals surface area (Å²) in [5, 5.41) is 25.2. The molecule has 0 atom stereocenters. The zero-order chi connectivity index (χ0) is 19.8. The van der Waals surface area contributed by atoms with Crippen molar-refractivity contribution >= 4 is 23.0 Å². The first-order valence-electron chi connectivity index (χ1n) is 7.63. The summed E-state index contributed by atoms with van der Waals surface area (Å²) in [4.78, 5) is 22.3. The summed E-state index contributed by atoms with van der Waals surface area (Å²) in [6.07, 6.45) is 1.24. The fourth-order valence-electron chi connectivity index (χ4n) is 2.08. The van der Waals surface area contributed by atoms with Crippen LogP contribution in [0.15, 0.2) is 54.2 Å². The number of methoxy groups -OCH3 is 2.